The van der Waals surface area contributed by atoms with Crippen LogP contribution in [0.3, 0.4) is 0 Å². The molecular formula is C29H31BrCl2N2O3. The number of rotatable bonds is 11. The molecule has 1 N–H and O–H groups in total. The number of hydrogen-bond donors (Lipinski definition) is 1. The molecule has 0 aliphatic rings. The smallest absolute Gasteiger partial charge is 0.261 e. The third kappa shape index (κ3) is 8.22. The van der Waals surface area contributed by atoms with Gasteiger partial charge < -0.3 is 15.0 Å². The summed E-state index contributed by atoms with van der Waals surface area (Å²) in [6.45, 7) is 6.46. The van der Waals surface area contributed by atoms with Crippen LogP contribution in [0.2, 0.25) is 10.0 Å². The van der Waals surface area contributed by atoms with Crippen LogP contribution < -0.4 is 10.1 Å². The molecule has 0 spiro atoms. The van der Waals surface area contributed by atoms with E-state index >= 15 is 0 Å². The number of benzene rings is 3. The molecule has 0 saturated carbocycles. The fourth-order valence-corrected chi connectivity index (χ4v) is 4.73. The van der Waals surface area contributed by atoms with Gasteiger partial charge >= 0.3 is 0 Å². The predicted molar refractivity (Wildman–Crippen MR) is 153 cm³/mol. The number of likely N-dealkylation sites (N-methyl/N-ethyl adjacent to an activating group) is 1. The van der Waals surface area contributed by atoms with Crippen LogP contribution >= 0.6 is 39.1 Å². The molecule has 0 saturated heterocycles. The second kappa shape index (κ2) is 13.8. The maximum absolute atomic E-state index is 13.6. The minimum Gasteiger partial charge on any atom is -0.483 e. The third-order valence-electron chi connectivity index (χ3n) is 5.93. The van der Waals surface area contributed by atoms with E-state index in [2.05, 4.69) is 35.1 Å². The number of hydrogen-bond acceptors (Lipinski definition) is 3. The van der Waals surface area contributed by atoms with Gasteiger partial charge in [-0.2, -0.15) is 0 Å². The van der Waals surface area contributed by atoms with Crippen LogP contribution in [0.4, 0.5) is 0 Å². The highest BCUT2D eigenvalue weighted by Gasteiger charge is 2.30. The lowest BCUT2D eigenvalue weighted by Gasteiger charge is -2.31. The SMILES string of the molecule is CCNC(=O)[C@H](Cc1ccccc1)N(Cc1ccc(Cl)c(Cl)c1)C(=O)COc1ccc(C(C)C)cc1Br. The van der Waals surface area contributed by atoms with Gasteiger partial charge in [-0.1, -0.05) is 79.5 Å². The van der Waals surface area contributed by atoms with Gasteiger partial charge in [-0.15, -0.1) is 0 Å². The standard InChI is InChI=1S/C29H31BrCl2N2O3/c1-4-33-29(36)26(15-20-8-6-5-7-9-20)34(17-21-10-12-24(31)25(32)14-21)28(35)18-37-27-13-11-22(19(2)3)16-23(27)30/h5-14,16,19,26H,4,15,17-18H2,1-3H3,(H,33,36)/t26-/m0/s1. The minimum atomic E-state index is -0.750. The Labute approximate surface area is 237 Å². The molecule has 0 aliphatic heterocycles. The van der Waals surface area contributed by atoms with Gasteiger partial charge in [-0.25, -0.2) is 0 Å². The molecule has 5 nitrogen and oxygen atoms in total. The van der Waals surface area contributed by atoms with Crippen molar-refractivity contribution in [3.63, 3.8) is 0 Å². The molecule has 0 aliphatic carbocycles. The van der Waals surface area contributed by atoms with Crippen molar-refractivity contribution in [3.05, 3.63) is 97.9 Å². The fourth-order valence-electron chi connectivity index (χ4n) is 3.90. The van der Waals surface area contributed by atoms with Gasteiger partial charge in [0.15, 0.2) is 6.61 Å². The highest BCUT2D eigenvalue weighted by molar-refractivity contribution is 9.10. The average Bonchev–Trinajstić information content (AvgIpc) is 2.88. The topological polar surface area (TPSA) is 58.6 Å². The molecule has 0 bridgehead atoms. The third-order valence-corrected chi connectivity index (χ3v) is 7.29. The van der Waals surface area contributed by atoms with E-state index in [1.807, 2.05) is 55.5 Å². The number of nitrogens with one attached hydrogen (secondary N) is 1. The Balaban J connectivity index is 1.90. The molecule has 0 radical (unpaired) electrons. The van der Waals surface area contributed by atoms with E-state index in [1.54, 1.807) is 23.1 Å². The highest BCUT2D eigenvalue weighted by atomic mass is 79.9. The van der Waals surface area contributed by atoms with Crippen molar-refractivity contribution in [2.45, 2.75) is 45.7 Å². The normalized spacial score (nSPS) is 11.8. The van der Waals surface area contributed by atoms with E-state index < -0.39 is 6.04 Å². The Hall–Kier alpha value is -2.54. The van der Waals surface area contributed by atoms with E-state index in [1.165, 1.54) is 0 Å². The molecule has 3 aromatic rings. The van der Waals surface area contributed by atoms with Crippen LogP contribution in [-0.2, 0) is 22.6 Å². The lowest BCUT2D eigenvalue weighted by atomic mass is 10.0. The van der Waals surface area contributed by atoms with E-state index in [0.29, 0.717) is 34.7 Å². The minimum absolute atomic E-state index is 0.168. The van der Waals surface area contributed by atoms with Crippen molar-refractivity contribution < 1.29 is 14.3 Å². The number of carbonyl (C=O) groups excluding carboxylic acids is 2. The molecule has 0 unspecified atom stereocenters. The van der Waals surface area contributed by atoms with Crippen molar-refractivity contribution in [2.75, 3.05) is 13.2 Å². The molecule has 3 aromatic carbocycles. The summed E-state index contributed by atoms with van der Waals surface area (Å²) in [5, 5.41) is 3.68. The summed E-state index contributed by atoms with van der Waals surface area (Å²) in [6, 6.07) is 19.9. The first kappa shape index (κ1) is 29.0. The molecule has 0 heterocycles. The molecular weight excluding hydrogens is 575 g/mol. The van der Waals surface area contributed by atoms with Crippen LogP contribution in [0.25, 0.3) is 0 Å². The van der Waals surface area contributed by atoms with Crippen LogP contribution in [0.5, 0.6) is 5.75 Å². The zero-order chi connectivity index (χ0) is 26.9. The van der Waals surface area contributed by atoms with Crippen molar-refractivity contribution >= 4 is 50.9 Å². The molecule has 37 heavy (non-hydrogen) atoms. The molecule has 8 heteroatoms. The summed E-state index contributed by atoms with van der Waals surface area (Å²) >= 11 is 15.9. The molecule has 3 rings (SSSR count). The van der Waals surface area contributed by atoms with Gasteiger partial charge in [0.25, 0.3) is 5.91 Å². The zero-order valence-corrected chi connectivity index (χ0v) is 24.2. The van der Waals surface area contributed by atoms with Crippen molar-refractivity contribution in [3.8, 4) is 5.75 Å². The molecule has 196 valence electrons. The van der Waals surface area contributed by atoms with E-state index in [4.69, 9.17) is 27.9 Å². The predicted octanol–water partition coefficient (Wildman–Crippen LogP) is 7.03. The van der Waals surface area contributed by atoms with Gasteiger partial charge in [0, 0.05) is 19.5 Å². The van der Waals surface area contributed by atoms with Gasteiger partial charge in [0.1, 0.15) is 11.8 Å². The average molecular weight is 606 g/mol. The highest BCUT2D eigenvalue weighted by Crippen LogP contribution is 2.29. The Bertz CT molecular complexity index is 1220. The molecule has 2 amide bonds. The van der Waals surface area contributed by atoms with Crippen LogP contribution in [0.15, 0.2) is 71.2 Å². The summed E-state index contributed by atoms with van der Waals surface area (Å²) < 4.78 is 6.69. The van der Waals surface area contributed by atoms with Crippen LogP contribution in [0.1, 0.15) is 43.4 Å². The molecule has 0 aromatic heterocycles. The second-order valence-electron chi connectivity index (χ2n) is 9.00. The van der Waals surface area contributed by atoms with Crippen molar-refractivity contribution in [1.29, 1.82) is 0 Å². The number of ether oxygens (including phenoxy) is 1. The van der Waals surface area contributed by atoms with Gasteiger partial charge in [0.05, 0.1) is 14.5 Å². The summed E-state index contributed by atoms with van der Waals surface area (Å²) in [4.78, 5) is 28.4. The molecule has 0 fully saturated rings. The summed E-state index contributed by atoms with van der Waals surface area (Å²) in [6.07, 6.45) is 0.354. The van der Waals surface area contributed by atoms with E-state index in [0.717, 1.165) is 21.2 Å². The number of carbonyl (C=O) groups is 2. The van der Waals surface area contributed by atoms with Crippen LogP contribution in [-0.4, -0.2) is 35.9 Å². The molecule has 1 atom stereocenters. The monoisotopic (exact) mass is 604 g/mol. The summed E-state index contributed by atoms with van der Waals surface area (Å²) in [7, 11) is 0. The van der Waals surface area contributed by atoms with E-state index in [9.17, 15) is 9.59 Å². The summed E-state index contributed by atoms with van der Waals surface area (Å²) in [5.41, 5.74) is 2.86. The van der Waals surface area contributed by atoms with Crippen LogP contribution in [0, 0.1) is 0 Å². The first-order valence-electron chi connectivity index (χ1n) is 12.2. The Morgan fingerprint density at radius 2 is 1.70 bits per heavy atom. The van der Waals surface area contributed by atoms with Gasteiger partial charge in [0.2, 0.25) is 5.91 Å². The first-order chi connectivity index (χ1) is 17.7. The largest absolute Gasteiger partial charge is 0.483 e. The van der Waals surface area contributed by atoms with Gasteiger partial charge in [-0.3, -0.25) is 9.59 Å². The maximum Gasteiger partial charge on any atom is 0.261 e. The van der Waals surface area contributed by atoms with Crippen molar-refractivity contribution in [2.24, 2.45) is 0 Å². The number of nitrogens with zero attached hydrogens (tertiary/aromatic N) is 1. The number of halogens is 3. The lowest BCUT2D eigenvalue weighted by Crippen LogP contribution is -2.51. The van der Waals surface area contributed by atoms with Gasteiger partial charge in [-0.05, 0) is 69.7 Å². The Morgan fingerprint density at radius 3 is 2.32 bits per heavy atom. The zero-order valence-electron chi connectivity index (χ0n) is 21.1. The lowest BCUT2D eigenvalue weighted by molar-refractivity contribution is -0.142. The fraction of sp³-hybridized carbons (Fsp3) is 0.310. The first-order valence-corrected chi connectivity index (χ1v) is 13.7. The number of amides is 2. The summed E-state index contributed by atoms with van der Waals surface area (Å²) in [5.74, 6) is 0.370. The Morgan fingerprint density at radius 1 is 0.973 bits per heavy atom. The maximum atomic E-state index is 13.6. The van der Waals surface area contributed by atoms with Crippen molar-refractivity contribution in [1.82, 2.24) is 10.2 Å². The quantitative estimate of drug-likeness (QED) is 0.255. The van der Waals surface area contributed by atoms with E-state index in [-0.39, 0.29) is 25.0 Å². The second-order valence-corrected chi connectivity index (χ2v) is 10.7. The Kier molecular flexibility index (Phi) is 10.9.